The van der Waals surface area contributed by atoms with E-state index in [1.165, 1.54) is 11.3 Å². The summed E-state index contributed by atoms with van der Waals surface area (Å²) in [7, 11) is 0. The summed E-state index contributed by atoms with van der Waals surface area (Å²) >= 11 is 0. The first-order chi connectivity index (χ1) is 8.17. The van der Waals surface area contributed by atoms with E-state index in [0.29, 0.717) is 11.8 Å². The maximum Gasteiger partial charge on any atom is 0.0546 e. The molecule has 94 valence electrons. The van der Waals surface area contributed by atoms with E-state index >= 15 is 0 Å². The number of aliphatic hydroxyl groups excluding tert-OH is 1. The van der Waals surface area contributed by atoms with Crippen molar-refractivity contribution in [1.29, 1.82) is 0 Å². The van der Waals surface area contributed by atoms with E-state index in [2.05, 4.69) is 43.0 Å². The van der Waals surface area contributed by atoms with Crippen LogP contribution in [0.25, 0.3) is 0 Å². The Kier molecular flexibility index (Phi) is 3.72. The summed E-state index contributed by atoms with van der Waals surface area (Å²) in [5, 5.41) is 9.53. The Morgan fingerprint density at radius 2 is 1.82 bits per heavy atom. The first-order valence-electron chi connectivity index (χ1n) is 6.70. The molecule has 1 saturated carbocycles. The van der Waals surface area contributed by atoms with Crippen molar-refractivity contribution in [2.75, 3.05) is 18.0 Å². The molecule has 0 radical (unpaired) electrons. The molecule has 1 aromatic rings. The molecule has 0 spiro atoms. The van der Waals surface area contributed by atoms with Crippen LogP contribution in [-0.4, -0.2) is 24.3 Å². The number of rotatable bonds is 5. The van der Waals surface area contributed by atoms with E-state index < -0.39 is 0 Å². The van der Waals surface area contributed by atoms with Crippen LogP contribution in [0, 0.1) is 5.92 Å². The summed E-state index contributed by atoms with van der Waals surface area (Å²) in [6.07, 6.45) is 0.977. The van der Waals surface area contributed by atoms with Crippen LogP contribution in [0.2, 0.25) is 0 Å². The Morgan fingerprint density at radius 1 is 1.24 bits per heavy atom. The normalized spacial score (nSPS) is 24.5. The van der Waals surface area contributed by atoms with Crippen molar-refractivity contribution in [2.24, 2.45) is 5.92 Å². The van der Waals surface area contributed by atoms with E-state index in [1.54, 1.807) is 0 Å². The molecule has 1 aliphatic carbocycles. The van der Waals surface area contributed by atoms with Gasteiger partial charge < -0.3 is 10.0 Å². The first-order valence-corrected chi connectivity index (χ1v) is 6.70. The minimum atomic E-state index is -0.164. The Labute approximate surface area is 104 Å². The molecule has 2 rings (SSSR count). The Balaban J connectivity index is 2.04. The molecule has 0 unspecified atom stereocenters. The number of anilines is 1. The first kappa shape index (κ1) is 12.4. The molecule has 1 fully saturated rings. The highest BCUT2D eigenvalue weighted by Crippen LogP contribution is 2.49. The smallest absolute Gasteiger partial charge is 0.0546 e. The van der Waals surface area contributed by atoms with Crippen LogP contribution < -0.4 is 4.90 Å². The molecule has 1 aliphatic rings. The second-order valence-corrected chi connectivity index (χ2v) is 5.01. The van der Waals surface area contributed by atoms with Gasteiger partial charge in [0.05, 0.1) is 6.10 Å². The fourth-order valence-corrected chi connectivity index (χ4v) is 2.65. The lowest BCUT2D eigenvalue weighted by Gasteiger charge is -2.21. The minimum Gasteiger partial charge on any atom is -0.393 e. The lowest BCUT2D eigenvalue weighted by atomic mass is 10.1. The van der Waals surface area contributed by atoms with Gasteiger partial charge in [-0.2, -0.15) is 0 Å². The lowest BCUT2D eigenvalue weighted by molar-refractivity contribution is 0.169. The Bertz CT molecular complexity index is 354. The van der Waals surface area contributed by atoms with Crippen LogP contribution in [0.3, 0.4) is 0 Å². The zero-order valence-electron chi connectivity index (χ0n) is 11.1. The largest absolute Gasteiger partial charge is 0.393 e. The van der Waals surface area contributed by atoms with E-state index in [9.17, 15) is 5.11 Å². The Morgan fingerprint density at radius 3 is 2.24 bits per heavy atom. The van der Waals surface area contributed by atoms with Gasteiger partial charge in [0.2, 0.25) is 0 Å². The summed E-state index contributed by atoms with van der Waals surface area (Å²) in [6, 6.07) is 8.86. The van der Waals surface area contributed by atoms with Crippen LogP contribution in [0.5, 0.6) is 0 Å². The molecule has 17 heavy (non-hydrogen) atoms. The Hall–Kier alpha value is -1.02. The average molecular weight is 233 g/mol. The van der Waals surface area contributed by atoms with Crippen molar-refractivity contribution >= 4 is 5.69 Å². The van der Waals surface area contributed by atoms with Crippen molar-refractivity contribution < 1.29 is 5.11 Å². The standard InChI is InChI=1S/C15H23NO/c1-4-16(5-2)13-8-6-12(7-9-13)15-10-14(15)11(3)17/h6-9,11,14-15,17H,4-5,10H2,1-3H3/t11-,14+,15+/m1/s1. The molecule has 0 bridgehead atoms. The fraction of sp³-hybridized carbons (Fsp3) is 0.600. The summed E-state index contributed by atoms with van der Waals surface area (Å²) in [6.45, 7) is 8.36. The van der Waals surface area contributed by atoms with Gasteiger partial charge in [0.25, 0.3) is 0 Å². The zero-order chi connectivity index (χ0) is 12.4. The SMILES string of the molecule is CCN(CC)c1ccc([C@@H]2C[C@H]2[C@@H](C)O)cc1. The number of hydrogen-bond donors (Lipinski definition) is 1. The molecule has 2 heteroatoms. The maximum atomic E-state index is 9.53. The molecule has 3 atom stereocenters. The summed E-state index contributed by atoms with van der Waals surface area (Å²) < 4.78 is 0. The number of nitrogens with zero attached hydrogens (tertiary/aromatic N) is 1. The predicted octanol–water partition coefficient (Wildman–Crippen LogP) is 3.02. The van der Waals surface area contributed by atoms with Crippen LogP contribution in [-0.2, 0) is 0 Å². The maximum absolute atomic E-state index is 9.53. The zero-order valence-corrected chi connectivity index (χ0v) is 11.1. The molecular formula is C15H23NO. The van der Waals surface area contributed by atoms with E-state index in [-0.39, 0.29) is 6.10 Å². The van der Waals surface area contributed by atoms with Gasteiger partial charge in [0.15, 0.2) is 0 Å². The van der Waals surface area contributed by atoms with Gasteiger partial charge in [-0.1, -0.05) is 12.1 Å². The van der Waals surface area contributed by atoms with Crippen molar-refractivity contribution in [3.8, 4) is 0 Å². The molecular weight excluding hydrogens is 210 g/mol. The molecule has 0 saturated heterocycles. The van der Waals surface area contributed by atoms with Crippen LogP contribution in [0.1, 0.15) is 38.7 Å². The predicted molar refractivity (Wildman–Crippen MR) is 72.5 cm³/mol. The number of hydrogen-bond acceptors (Lipinski definition) is 2. The molecule has 0 aromatic heterocycles. The summed E-state index contributed by atoms with van der Waals surface area (Å²) in [5.74, 6) is 1.06. The van der Waals surface area contributed by atoms with Gasteiger partial charge >= 0.3 is 0 Å². The summed E-state index contributed by atoms with van der Waals surface area (Å²) in [4.78, 5) is 2.35. The highest BCUT2D eigenvalue weighted by molar-refractivity contribution is 5.48. The fourth-order valence-electron chi connectivity index (χ4n) is 2.65. The quantitative estimate of drug-likeness (QED) is 0.845. The van der Waals surface area contributed by atoms with E-state index in [0.717, 1.165) is 19.5 Å². The van der Waals surface area contributed by atoms with Crippen molar-refractivity contribution in [2.45, 2.75) is 39.2 Å². The average Bonchev–Trinajstić information content (AvgIpc) is 3.12. The second-order valence-electron chi connectivity index (χ2n) is 5.01. The van der Waals surface area contributed by atoms with Gasteiger partial charge in [-0.05, 0) is 56.7 Å². The number of aliphatic hydroxyl groups is 1. The lowest BCUT2D eigenvalue weighted by Crippen LogP contribution is -2.21. The van der Waals surface area contributed by atoms with E-state index in [1.807, 2.05) is 6.92 Å². The minimum absolute atomic E-state index is 0.164. The van der Waals surface area contributed by atoms with Gasteiger partial charge in [0.1, 0.15) is 0 Å². The number of benzene rings is 1. The highest BCUT2D eigenvalue weighted by atomic mass is 16.3. The van der Waals surface area contributed by atoms with Gasteiger partial charge in [0, 0.05) is 18.8 Å². The van der Waals surface area contributed by atoms with Crippen LogP contribution in [0.4, 0.5) is 5.69 Å². The third kappa shape index (κ3) is 2.63. The van der Waals surface area contributed by atoms with Crippen LogP contribution >= 0.6 is 0 Å². The molecule has 2 nitrogen and oxygen atoms in total. The van der Waals surface area contributed by atoms with Crippen molar-refractivity contribution in [3.05, 3.63) is 29.8 Å². The molecule has 1 aromatic carbocycles. The molecule has 0 amide bonds. The summed E-state index contributed by atoms with van der Waals surface area (Å²) in [5.41, 5.74) is 2.68. The third-order valence-corrected chi connectivity index (χ3v) is 3.91. The highest BCUT2D eigenvalue weighted by Gasteiger charge is 2.41. The van der Waals surface area contributed by atoms with Gasteiger partial charge in [-0.3, -0.25) is 0 Å². The molecule has 0 aliphatic heterocycles. The topological polar surface area (TPSA) is 23.5 Å². The van der Waals surface area contributed by atoms with E-state index in [4.69, 9.17) is 0 Å². The van der Waals surface area contributed by atoms with Gasteiger partial charge in [-0.15, -0.1) is 0 Å². The molecule has 0 heterocycles. The monoisotopic (exact) mass is 233 g/mol. The van der Waals surface area contributed by atoms with Crippen molar-refractivity contribution in [3.63, 3.8) is 0 Å². The second kappa shape index (κ2) is 5.09. The van der Waals surface area contributed by atoms with Crippen molar-refractivity contribution in [1.82, 2.24) is 0 Å². The van der Waals surface area contributed by atoms with Crippen LogP contribution in [0.15, 0.2) is 24.3 Å². The molecule has 1 N–H and O–H groups in total. The third-order valence-electron chi connectivity index (χ3n) is 3.91. The van der Waals surface area contributed by atoms with Gasteiger partial charge in [-0.25, -0.2) is 0 Å².